The highest BCUT2D eigenvalue weighted by molar-refractivity contribution is 4.68. The van der Waals surface area contributed by atoms with Crippen molar-refractivity contribution in [2.75, 3.05) is 13.6 Å². The molecule has 0 rings (SSSR count). The first-order valence-electron chi connectivity index (χ1n) is 4.00. The van der Waals surface area contributed by atoms with Gasteiger partial charge in [0.15, 0.2) is 0 Å². The van der Waals surface area contributed by atoms with E-state index in [0.717, 1.165) is 0 Å². The van der Waals surface area contributed by atoms with Gasteiger partial charge in [-0.25, -0.2) is 8.78 Å². The van der Waals surface area contributed by atoms with E-state index < -0.39 is 5.92 Å². The molecule has 0 saturated heterocycles. The van der Waals surface area contributed by atoms with Gasteiger partial charge in [-0.05, 0) is 13.0 Å². The maximum atomic E-state index is 12.8. The minimum Gasteiger partial charge on any atom is -0.320 e. The van der Waals surface area contributed by atoms with Crippen LogP contribution in [0.25, 0.3) is 0 Å². The lowest BCUT2D eigenvalue weighted by atomic mass is 10.0. The summed E-state index contributed by atoms with van der Waals surface area (Å²) in [7, 11) is 1.69. The fourth-order valence-electron chi connectivity index (χ4n) is 1.01. The molecule has 0 aliphatic carbocycles. The zero-order chi connectivity index (χ0) is 8.91. The predicted octanol–water partition coefficient (Wildman–Crippen LogP) is 2.28. The Morgan fingerprint density at radius 2 is 1.91 bits per heavy atom. The topological polar surface area (TPSA) is 12.0 Å². The minimum absolute atomic E-state index is 0.00528. The number of rotatable bonds is 5. The first-order valence-corrected chi connectivity index (χ1v) is 4.00. The molecule has 0 heterocycles. The highest BCUT2D eigenvalue weighted by Crippen LogP contribution is 2.26. The summed E-state index contributed by atoms with van der Waals surface area (Å²) in [5.74, 6) is -2.42. The highest BCUT2D eigenvalue weighted by Gasteiger charge is 2.28. The zero-order valence-electron chi connectivity index (χ0n) is 7.45. The summed E-state index contributed by atoms with van der Waals surface area (Å²) < 4.78 is 25.6. The molecule has 0 unspecified atom stereocenters. The standard InChI is InChI=1S/C8H17F2N/c1-7(2)6-8(9,10)4-5-11-3/h7,11H,4-6H2,1-3H3. The number of halogens is 2. The molecule has 0 aromatic carbocycles. The summed E-state index contributed by atoms with van der Waals surface area (Å²) in [4.78, 5) is 0. The summed E-state index contributed by atoms with van der Waals surface area (Å²) in [5.41, 5.74) is 0. The van der Waals surface area contributed by atoms with Gasteiger partial charge in [-0.2, -0.15) is 0 Å². The smallest absolute Gasteiger partial charge is 0.249 e. The van der Waals surface area contributed by atoms with Crippen molar-refractivity contribution in [2.24, 2.45) is 5.92 Å². The largest absolute Gasteiger partial charge is 0.320 e. The molecule has 0 aliphatic rings. The van der Waals surface area contributed by atoms with Crippen LogP contribution in [0.1, 0.15) is 26.7 Å². The zero-order valence-corrected chi connectivity index (χ0v) is 7.45. The van der Waals surface area contributed by atoms with Crippen LogP contribution in [0.2, 0.25) is 0 Å². The Morgan fingerprint density at radius 1 is 1.36 bits per heavy atom. The fraction of sp³-hybridized carbons (Fsp3) is 1.00. The summed E-state index contributed by atoms with van der Waals surface area (Å²) in [6, 6.07) is 0. The Bertz CT molecular complexity index is 102. The second-order valence-electron chi connectivity index (χ2n) is 3.31. The first-order chi connectivity index (χ1) is 4.98. The summed E-state index contributed by atoms with van der Waals surface area (Å²) in [5, 5.41) is 2.72. The molecule has 0 atom stereocenters. The van der Waals surface area contributed by atoms with E-state index in [1.54, 1.807) is 7.05 Å². The minimum atomic E-state index is -2.49. The van der Waals surface area contributed by atoms with Gasteiger partial charge in [0.25, 0.3) is 0 Å². The average molecular weight is 165 g/mol. The molecule has 0 radical (unpaired) electrons. The van der Waals surface area contributed by atoms with Crippen LogP contribution in [0, 0.1) is 5.92 Å². The molecular weight excluding hydrogens is 148 g/mol. The Kier molecular flexibility index (Phi) is 4.57. The van der Waals surface area contributed by atoms with Gasteiger partial charge in [0.2, 0.25) is 5.92 Å². The number of alkyl halides is 2. The van der Waals surface area contributed by atoms with E-state index in [1.807, 2.05) is 13.8 Å². The molecule has 11 heavy (non-hydrogen) atoms. The van der Waals surface area contributed by atoms with Gasteiger partial charge in [0.05, 0.1) is 0 Å². The Hall–Kier alpha value is -0.180. The summed E-state index contributed by atoms with van der Waals surface area (Å²) in [6.07, 6.45) is -0.0592. The fourth-order valence-corrected chi connectivity index (χ4v) is 1.01. The second kappa shape index (κ2) is 4.65. The molecule has 0 saturated carbocycles. The van der Waals surface area contributed by atoms with E-state index in [1.165, 1.54) is 0 Å². The molecule has 0 spiro atoms. The Balaban J connectivity index is 3.61. The molecular formula is C8H17F2N. The van der Waals surface area contributed by atoms with Crippen LogP contribution in [0.3, 0.4) is 0 Å². The average Bonchev–Trinajstić information content (AvgIpc) is 1.81. The van der Waals surface area contributed by atoms with Crippen molar-refractivity contribution in [2.45, 2.75) is 32.6 Å². The van der Waals surface area contributed by atoms with E-state index in [2.05, 4.69) is 5.32 Å². The molecule has 0 aliphatic heterocycles. The third kappa shape index (κ3) is 6.23. The third-order valence-electron chi connectivity index (χ3n) is 1.45. The molecule has 1 nitrogen and oxygen atoms in total. The molecule has 0 fully saturated rings. The van der Waals surface area contributed by atoms with Crippen LogP contribution in [0.15, 0.2) is 0 Å². The van der Waals surface area contributed by atoms with Gasteiger partial charge in [-0.1, -0.05) is 13.8 Å². The number of hydrogen-bond donors (Lipinski definition) is 1. The first kappa shape index (κ1) is 10.8. The molecule has 3 heteroatoms. The molecule has 0 bridgehead atoms. The van der Waals surface area contributed by atoms with Gasteiger partial charge in [0.1, 0.15) is 0 Å². The lowest BCUT2D eigenvalue weighted by Gasteiger charge is -2.17. The van der Waals surface area contributed by atoms with E-state index in [9.17, 15) is 8.78 Å². The van der Waals surface area contributed by atoms with Gasteiger partial charge in [-0.15, -0.1) is 0 Å². The van der Waals surface area contributed by atoms with Crippen molar-refractivity contribution >= 4 is 0 Å². The van der Waals surface area contributed by atoms with E-state index in [4.69, 9.17) is 0 Å². The van der Waals surface area contributed by atoms with E-state index in [-0.39, 0.29) is 18.8 Å². The normalized spacial score (nSPS) is 12.5. The Labute approximate surface area is 67.2 Å². The molecule has 0 aromatic rings. The van der Waals surface area contributed by atoms with Gasteiger partial charge in [-0.3, -0.25) is 0 Å². The molecule has 0 aromatic heterocycles. The van der Waals surface area contributed by atoms with Crippen LogP contribution in [-0.2, 0) is 0 Å². The van der Waals surface area contributed by atoms with E-state index in [0.29, 0.717) is 6.54 Å². The van der Waals surface area contributed by atoms with Crippen LogP contribution in [0.5, 0.6) is 0 Å². The highest BCUT2D eigenvalue weighted by atomic mass is 19.3. The maximum Gasteiger partial charge on any atom is 0.249 e. The quantitative estimate of drug-likeness (QED) is 0.659. The molecule has 0 amide bonds. The lowest BCUT2D eigenvalue weighted by Crippen LogP contribution is -2.24. The van der Waals surface area contributed by atoms with E-state index >= 15 is 0 Å². The van der Waals surface area contributed by atoms with Crippen LogP contribution >= 0.6 is 0 Å². The molecule has 1 N–H and O–H groups in total. The predicted molar refractivity (Wildman–Crippen MR) is 42.9 cm³/mol. The lowest BCUT2D eigenvalue weighted by molar-refractivity contribution is -0.0260. The summed E-state index contributed by atoms with van der Waals surface area (Å²) >= 11 is 0. The second-order valence-corrected chi connectivity index (χ2v) is 3.31. The number of hydrogen-bond acceptors (Lipinski definition) is 1. The van der Waals surface area contributed by atoms with Crippen molar-refractivity contribution in [3.05, 3.63) is 0 Å². The Morgan fingerprint density at radius 3 is 2.27 bits per heavy atom. The SMILES string of the molecule is CNCCC(F)(F)CC(C)C. The van der Waals surface area contributed by atoms with Crippen molar-refractivity contribution in [3.8, 4) is 0 Å². The van der Waals surface area contributed by atoms with Gasteiger partial charge < -0.3 is 5.32 Å². The van der Waals surface area contributed by atoms with Crippen LogP contribution in [-0.4, -0.2) is 19.5 Å². The third-order valence-corrected chi connectivity index (χ3v) is 1.45. The van der Waals surface area contributed by atoms with Crippen molar-refractivity contribution < 1.29 is 8.78 Å². The van der Waals surface area contributed by atoms with Crippen LogP contribution < -0.4 is 5.32 Å². The van der Waals surface area contributed by atoms with Crippen molar-refractivity contribution in [1.82, 2.24) is 5.32 Å². The maximum absolute atomic E-state index is 12.8. The monoisotopic (exact) mass is 165 g/mol. The van der Waals surface area contributed by atoms with Crippen molar-refractivity contribution in [1.29, 1.82) is 0 Å². The molecule has 68 valence electrons. The van der Waals surface area contributed by atoms with Crippen molar-refractivity contribution in [3.63, 3.8) is 0 Å². The van der Waals surface area contributed by atoms with Gasteiger partial charge >= 0.3 is 0 Å². The summed E-state index contributed by atoms with van der Waals surface area (Å²) in [6.45, 7) is 4.01. The van der Waals surface area contributed by atoms with Gasteiger partial charge in [0, 0.05) is 19.4 Å². The number of nitrogens with one attached hydrogen (secondary N) is 1. The van der Waals surface area contributed by atoms with Crippen LogP contribution in [0.4, 0.5) is 8.78 Å².